The van der Waals surface area contributed by atoms with Crippen molar-refractivity contribution in [1.82, 2.24) is 9.88 Å². The van der Waals surface area contributed by atoms with Gasteiger partial charge in [0, 0.05) is 18.0 Å². The highest BCUT2D eigenvalue weighted by molar-refractivity contribution is 5.90. The first kappa shape index (κ1) is 26.1. The molecule has 3 aromatic rings. The largest absolute Gasteiger partial charge is 0.481 e. The molecule has 0 saturated carbocycles. The van der Waals surface area contributed by atoms with E-state index >= 15 is 0 Å². The van der Waals surface area contributed by atoms with Gasteiger partial charge in [-0.3, -0.25) is 9.59 Å². The van der Waals surface area contributed by atoms with Crippen LogP contribution in [-0.2, 0) is 20.0 Å². The molecule has 0 radical (unpaired) electrons. The van der Waals surface area contributed by atoms with Gasteiger partial charge in [-0.1, -0.05) is 30.3 Å². The van der Waals surface area contributed by atoms with Crippen LogP contribution in [0, 0.1) is 0 Å². The highest BCUT2D eigenvalue weighted by Crippen LogP contribution is 2.34. The number of aliphatic carboxylic acids is 2. The van der Waals surface area contributed by atoms with Crippen LogP contribution in [0.15, 0.2) is 54.6 Å². The van der Waals surface area contributed by atoms with Gasteiger partial charge in [0.15, 0.2) is 5.60 Å². The Morgan fingerprint density at radius 1 is 1.03 bits per heavy atom. The van der Waals surface area contributed by atoms with Gasteiger partial charge in [0.05, 0.1) is 32.0 Å². The molecule has 0 bridgehead atoms. The van der Waals surface area contributed by atoms with E-state index in [1.54, 1.807) is 25.3 Å². The van der Waals surface area contributed by atoms with Gasteiger partial charge in [-0.15, -0.1) is 0 Å². The number of benzene rings is 2. The molecule has 0 spiro atoms. The SMILES string of the molecule is COc1ccc2cc(-c3ccc(C4(O)CCCN(C(=O)CC(O)(CC(=O)O)C(=O)O)C4)cc3)ccc2n1. The summed E-state index contributed by atoms with van der Waals surface area (Å²) in [7, 11) is 1.56. The summed E-state index contributed by atoms with van der Waals surface area (Å²) in [5.41, 5.74) is -0.802. The van der Waals surface area contributed by atoms with Crippen LogP contribution in [0.5, 0.6) is 5.88 Å². The minimum atomic E-state index is -2.72. The van der Waals surface area contributed by atoms with Crippen molar-refractivity contribution in [3.8, 4) is 17.0 Å². The number of ether oxygens (including phenoxy) is 1. The number of pyridine rings is 1. The van der Waals surface area contributed by atoms with E-state index in [0.29, 0.717) is 24.3 Å². The maximum atomic E-state index is 12.8. The number of likely N-dealkylation sites (tertiary alicyclic amines) is 1. The number of methoxy groups -OCH3 is 1. The zero-order valence-corrected chi connectivity index (χ0v) is 20.3. The minimum Gasteiger partial charge on any atom is -0.481 e. The van der Waals surface area contributed by atoms with Crippen LogP contribution in [-0.4, -0.2) is 74.0 Å². The molecule has 4 N–H and O–H groups in total. The van der Waals surface area contributed by atoms with E-state index in [2.05, 4.69) is 4.98 Å². The molecule has 1 saturated heterocycles. The molecule has 2 heterocycles. The zero-order chi connectivity index (χ0) is 26.8. The first-order valence-electron chi connectivity index (χ1n) is 11.8. The molecule has 2 unspecified atom stereocenters. The fourth-order valence-corrected chi connectivity index (χ4v) is 4.68. The van der Waals surface area contributed by atoms with Crippen LogP contribution < -0.4 is 4.74 Å². The number of fused-ring (bicyclic) bond motifs is 1. The normalized spacial score (nSPS) is 19.3. The molecule has 1 fully saturated rings. The van der Waals surface area contributed by atoms with Crippen molar-refractivity contribution in [2.75, 3.05) is 20.2 Å². The molecule has 10 nitrogen and oxygen atoms in total. The molecular weight excluding hydrogens is 480 g/mol. The molecule has 1 aromatic heterocycles. The summed E-state index contributed by atoms with van der Waals surface area (Å²) in [5.74, 6) is -3.51. The lowest BCUT2D eigenvalue weighted by Gasteiger charge is -2.40. The number of carboxylic acids is 2. The van der Waals surface area contributed by atoms with E-state index in [4.69, 9.17) is 9.84 Å². The standard InChI is InChI=1S/C27H28N2O8/c1-37-22-10-6-19-13-18(5-9-21(19)28-22)17-3-7-20(8-4-17)26(35)11-2-12-29(16-26)23(30)14-27(36,25(33)34)15-24(31)32/h3-10,13,35-36H,2,11-12,14-16H2,1H3,(H,31,32)(H,33,34). The molecule has 10 heteroatoms. The van der Waals surface area contributed by atoms with Gasteiger partial charge >= 0.3 is 11.9 Å². The zero-order valence-electron chi connectivity index (χ0n) is 20.3. The van der Waals surface area contributed by atoms with Gasteiger partial charge in [-0.05, 0) is 47.7 Å². The number of rotatable bonds is 8. The van der Waals surface area contributed by atoms with E-state index in [0.717, 1.165) is 22.0 Å². The number of piperidine rings is 1. The summed E-state index contributed by atoms with van der Waals surface area (Å²) in [6.45, 7) is 0.162. The van der Waals surface area contributed by atoms with E-state index in [1.807, 2.05) is 36.4 Å². The van der Waals surface area contributed by atoms with Crippen molar-refractivity contribution in [3.63, 3.8) is 0 Å². The molecular formula is C27H28N2O8. The molecule has 2 aromatic carbocycles. The van der Waals surface area contributed by atoms with Crippen molar-refractivity contribution in [2.24, 2.45) is 0 Å². The number of hydrogen-bond acceptors (Lipinski definition) is 7. The number of β-amino-alcohol motifs (C(OH)–C–C–N with tert-alkyl or cyclic N) is 1. The lowest BCUT2D eigenvalue weighted by atomic mass is 9.84. The quantitative estimate of drug-likeness (QED) is 0.359. The fourth-order valence-electron chi connectivity index (χ4n) is 4.68. The van der Waals surface area contributed by atoms with Gasteiger partial charge in [-0.2, -0.15) is 0 Å². The smallest absolute Gasteiger partial charge is 0.336 e. The maximum absolute atomic E-state index is 12.8. The topological polar surface area (TPSA) is 157 Å². The number of carboxylic acid groups (broad SMARTS) is 2. The monoisotopic (exact) mass is 508 g/mol. The summed E-state index contributed by atoms with van der Waals surface area (Å²) in [6, 6.07) is 16.9. The summed E-state index contributed by atoms with van der Waals surface area (Å²) in [6.07, 6.45) is -1.16. The Kier molecular flexibility index (Phi) is 7.15. The summed E-state index contributed by atoms with van der Waals surface area (Å²) < 4.78 is 5.17. The van der Waals surface area contributed by atoms with Gasteiger partial charge in [0.25, 0.3) is 0 Å². The number of aromatic nitrogens is 1. The van der Waals surface area contributed by atoms with Gasteiger partial charge < -0.3 is 30.1 Å². The summed E-state index contributed by atoms with van der Waals surface area (Å²) in [4.78, 5) is 40.9. The Bertz CT molecular complexity index is 1340. The van der Waals surface area contributed by atoms with E-state index in [9.17, 15) is 29.7 Å². The van der Waals surface area contributed by atoms with E-state index < -0.39 is 41.9 Å². The number of aliphatic hydroxyl groups is 2. The summed E-state index contributed by atoms with van der Waals surface area (Å²) >= 11 is 0. The van der Waals surface area contributed by atoms with Crippen molar-refractivity contribution in [3.05, 3.63) is 60.2 Å². The van der Waals surface area contributed by atoms with E-state index in [1.165, 1.54) is 4.90 Å². The van der Waals surface area contributed by atoms with Crippen LogP contribution in [0.1, 0.15) is 31.2 Å². The molecule has 2 atom stereocenters. The van der Waals surface area contributed by atoms with Gasteiger partial charge in [-0.25, -0.2) is 9.78 Å². The second-order valence-electron chi connectivity index (χ2n) is 9.37. The first-order valence-corrected chi connectivity index (χ1v) is 11.8. The molecule has 0 aliphatic carbocycles. The summed E-state index contributed by atoms with van der Waals surface area (Å²) in [5, 5.41) is 40.8. The predicted octanol–water partition coefficient (Wildman–Crippen LogP) is 2.40. The third kappa shape index (κ3) is 5.55. The van der Waals surface area contributed by atoms with Crippen LogP contribution in [0.4, 0.5) is 0 Å². The van der Waals surface area contributed by atoms with Crippen molar-refractivity contribution in [2.45, 2.75) is 36.9 Å². The Balaban J connectivity index is 1.51. The van der Waals surface area contributed by atoms with Crippen LogP contribution in [0.25, 0.3) is 22.0 Å². The predicted molar refractivity (Wildman–Crippen MR) is 133 cm³/mol. The van der Waals surface area contributed by atoms with Gasteiger partial charge in [0.2, 0.25) is 11.8 Å². The van der Waals surface area contributed by atoms with Crippen molar-refractivity contribution < 1.29 is 39.5 Å². The van der Waals surface area contributed by atoms with Crippen LogP contribution in [0.3, 0.4) is 0 Å². The molecule has 1 amide bonds. The highest BCUT2D eigenvalue weighted by Gasteiger charge is 2.44. The lowest BCUT2D eigenvalue weighted by molar-refractivity contribution is -0.170. The maximum Gasteiger partial charge on any atom is 0.336 e. The molecule has 194 valence electrons. The van der Waals surface area contributed by atoms with E-state index in [-0.39, 0.29) is 13.1 Å². The van der Waals surface area contributed by atoms with Crippen molar-refractivity contribution >= 4 is 28.7 Å². The Morgan fingerprint density at radius 2 is 1.73 bits per heavy atom. The first-order chi connectivity index (χ1) is 17.5. The third-order valence-electron chi connectivity index (χ3n) is 6.74. The second kappa shape index (κ2) is 10.2. The number of hydrogen-bond donors (Lipinski definition) is 4. The Morgan fingerprint density at radius 3 is 2.38 bits per heavy atom. The number of nitrogens with zero attached hydrogens (tertiary/aromatic N) is 2. The van der Waals surface area contributed by atoms with Crippen molar-refractivity contribution in [1.29, 1.82) is 0 Å². The molecule has 4 rings (SSSR count). The van der Waals surface area contributed by atoms with Crippen LogP contribution >= 0.6 is 0 Å². The molecule has 1 aliphatic rings. The fraction of sp³-hybridized carbons (Fsp3) is 0.333. The Labute approximate surface area is 212 Å². The Hall–Kier alpha value is -4.02. The minimum absolute atomic E-state index is 0.0998. The number of carbonyl (C=O) groups excluding carboxylic acids is 1. The number of carbonyl (C=O) groups is 3. The lowest BCUT2D eigenvalue weighted by Crippen LogP contribution is -2.52. The highest BCUT2D eigenvalue weighted by atomic mass is 16.5. The number of amides is 1. The molecule has 1 aliphatic heterocycles. The third-order valence-corrected chi connectivity index (χ3v) is 6.74. The van der Waals surface area contributed by atoms with Crippen LogP contribution in [0.2, 0.25) is 0 Å². The molecule has 37 heavy (non-hydrogen) atoms. The van der Waals surface area contributed by atoms with Gasteiger partial charge in [0.1, 0.15) is 5.60 Å². The second-order valence-corrected chi connectivity index (χ2v) is 9.37. The average molecular weight is 509 g/mol. The average Bonchev–Trinajstić information content (AvgIpc) is 2.87.